The molecule has 0 aliphatic rings. The number of amides is 1. The fourth-order valence-electron chi connectivity index (χ4n) is 2.44. The van der Waals surface area contributed by atoms with Gasteiger partial charge in [-0.25, -0.2) is 0 Å². The molecule has 27 heavy (non-hydrogen) atoms. The normalized spacial score (nSPS) is 10.9. The molecule has 0 spiro atoms. The van der Waals surface area contributed by atoms with Crippen molar-refractivity contribution in [1.29, 1.82) is 0 Å². The number of nitrogen functional groups attached to an aromatic ring is 1. The first kappa shape index (κ1) is 18.8. The number of benzene rings is 2. The summed E-state index contributed by atoms with van der Waals surface area (Å²) in [5, 5.41) is 2.50. The summed E-state index contributed by atoms with van der Waals surface area (Å²) in [6, 6.07) is 15.2. The summed E-state index contributed by atoms with van der Waals surface area (Å²) >= 11 is -0.687. The van der Waals surface area contributed by atoms with Crippen LogP contribution in [-0.4, -0.2) is 43.2 Å². The number of nitrogens with zero attached hydrogens (tertiary/aromatic N) is 2. The predicted molar refractivity (Wildman–Crippen MR) is 106 cm³/mol. The van der Waals surface area contributed by atoms with Crippen molar-refractivity contribution in [2.45, 2.75) is 6.92 Å². The number of anilines is 1. The Morgan fingerprint density at radius 2 is 1.85 bits per heavy atom. The van der Waals surface area contributed by atoms with Crippen LogP contribution in [0.2, 0.25) is 0 Å². The van der Waals surface area contributed by atoms with Gasteiger partial charge in [0.15, 0.2) is 0 Å². The van der Waals surface area contributed by atoms with E-state index < -0.39 is 15.8 Å². The minimum absolute atomic E-state index is 0.0788. The number of hydrogen-bond acceptors (Lipinski definition) is 5. The average Bonchev–Trinajstić information content (AvgIpc) is 2.68. The summed E-state index contributed by atoms with van der Waals surface area (Å²) in [5.41, 5.74) is 9.00. The van der Waals surface area contributed by atoms with E-state index in [9.17, 15) is 9.59 Å². The molecule has 0 atom stereocenters. The van der Waals surface area contributed by atoms with Crippen molar-refractivity contribution in [3.8, 4) is 11.3 Å². The van der Waals surface area contributed by atoms with Gasteiger partial charge in [0.25, 0.3) is 0 Å². The van der Waals surface area contributed by atoms with Gasteiger partial charge in [0.1, 0.15) is 0 Å². The van der Waals surface area contributed by atoms with Crippen LogP contribution in [0, 0.1) is 6.92 Å². The van der Waals surface area contributed by atoms with Gasteiger partial charge < -0.3 is 0 Å². The average molecular weight is 421 g/mol. The maximum atomic E-state index is 12.5. The Morgan fingerprint density at radius 3 is 2.56 bits per heavy atom. The van der Waals surface area contributed by atoms with Crippen LogP contribution in [0.25, 0.3) is 11.3 Å². The molecule has 2 aromatic carbocycles. The molecule has 3 rings (SSSR count). The molecule has 6 nitrogen and oxygen atoms in total. The second kappa shape index (κ2) is 8.14. The fourth-order valence-corrected chi connectivity index (χ4v) is 4.28. The number of carbonyl (C=O) groups excluding carboxylic acids is 2. The van der Waals surface area contributed by atoms with E-state index in [2.05, 4.69) is 15.3 Å². The van der Waals surface area contributed by atoms with Crippen molar-refractivity contribution >= 4 is 36.4 Å². The van der Waals surface area contributed by atoms with Gasteiger partial charge in [-0.05, 0) is 0 Å². The number of carbonyl (C=O) groups is 2. The van der Waals surface area contributed by atoms with E-state index in [0.29, 0.717) is 5.69 Å². The van der Waals surface area contributed by atoms with E-state index in [1.165, 1.54) is 13.2 Å². The zero-order valence-electron chi connectivity index (χ0n) is 14.9. The van der Waals surface area contributed by atoms with Gasteiger partial charge in [-0.1, -0.05) is 0 Å². The van der Waals surface area contributed by atoms with Gasteiger partial charge >= 0.3 is 164 Å². The van der Waals surface area contributed by atoms with Crippen molar-refractivity contribution in [2.75, 3.05) is 12.8 Å². The van der Waals surface area contributed by atoms with E-state index in [1.54, 1.807) is 0 Å². The summed E-state index contributed by atoms with van der Waals surface area (Å²) in [7, 11) is 1.51. The number of nitrogens with two attached hydrogens (primary N) is 1. The molecular weight excluding hydrogens is 403 g/mol. The maximum absolute atomic E-state index is 12.5. The van der Waals surface area contributed by atoms with Crippen molar-refractivity contribution in [1.82, 2.24) is 15.3 Å². The third kappa shape index (κ3) is 4.41. The molecule has 0 unspecified atom stereocenters. The molecule has 0 saturated carbocycles. The topological polar surface area (TPSA) is 98.0 Å². The van der Waals surface area contributed by atoms with Crippen molar-refractivity contribution < 1.29 is 9.59 Å². The van der Waals surface area contributed by atoms with Crippen molar-refractivity contribution in [3.05, 3.63) is 71.5 Å². The minimum atomic E-state index is -0.687. The van der Waals surface area contributed by atoms with Crippen molar-refractivity contribution in [2.24, 2.45) is 0 Å². The molecule has 1 heterocycles. The van der Waals surface area contributed by atoms with Gasteiger partial charge in [0, 0.05) is 0 Å². The van der Waals surface area contributed by atoms with Crippen LogP contribution in [-0.2, 0) is 0 Å². The van der Waals surface area contributed by atoms with Gasteiger partial charge in [-0.2, -0.15) is 0 Å². The first-order chi connectivity index (χ1) is 13.0. The van der Waals surface area contributed by atoms with Crippen LogP contribution >= 0.6 is 0 Å². The van der Waals surface area contributed by atoms with Gasteiger partial charge in [-0.15, -0.1) is 0 Å². The SMILES string of the molecule is CNC(=O)c1nc(-c2cccc([As]C(=O)c3ccc(C)cc3)c2)cnc1N. The number of nitrogens with one attached hydrogen (secondary N) is 1. The Balaban J connectivity index is 1.86. The summed E-state index contributed by atoms with van der Waals surface area (Å²) in [5.74, 6) is -0.311. The Hall–Kier alpha value is -2.98. The predicted octanol–water partition coefficient (Wildman–Crippen LogP) is 1.56. The Bertz CT molecular complexity index is 1000. The standard InChI is InChI=1S/C20H18AsN4O2/c1-12-6-8-13(9-7-12)18(26)21-15-5-3-4-14(10-15)16-11-24-19(22)17(25-16)20(27)23-2/h3-11H,1-2H3,(H2,22,24)(H,23,27). The number of hydrogen-bond donors (Lipinski definition) is 2. The molecule has 1 aromatic heterocycles. The second-order valence-corrected chi connectivity index (χ2v) is 8.31. The van der Waals surface area contributed by atoms with E-state index in [-0.39, 0.29) is 22.0 Å². The summed E-state index contributed by atoms with van der Waals surface area (Å²) in [6.07, 6.45) is 1.53. The van der Waals surface area contributed by atoms with Gasteiger partial charge in [-0.3, -0.25) is 0 Å². The van der Waals surface area contributed by atoms with Crippen LogP contribution in [0.15, 0.2) is 54.7 Å². The number of rotatable bonds is 5. The zero-order chi connectivity index (χ0) is 19.4. The number of aromatic nitrogens is 2. The van der Waals surface area contributed by atoms with Gasteiger partial charge in [0.05, 0.1) is 0 Å². The van der Waals surface area contributed by atoms with Crippen LogP contribution < -0.4 is 15.4 Å². The molecular formula is C20H18AsN4O2. The monoisotopic (exact) mass is 421 g/mol. The van der Waals surface area contributed by atoms with E-state index >= 15 is 0 Å². The Labute approximate surface area is 163 Å². The third-order valence-electron chi connectivity index (χ3n) is 3.91. The Morgan fingerprint density at radius 1 is 1.11 bits per heavy atom. The molecule has 0 bridgehead atoms. The first-order valence-corrected chi connectivity index (χ1v) is 10.1. The second-order valence-electron chi connectivity index (χ2n) is 5.90. The molecule has 0 saturated heterocycles. The molecule has 0 aliphatic carbocycles. The number of aryl methyl sites for hydroxylation is 1. The molecule has 0 aliphatic heterocycles. The third-order valence-corrected chi connectivity index (χ3v) is 6.01. The summed E-state index contributed by atoms with van der Waals surface area (Å²) in [4.78, 5) is 32.8. The molecule has 135 valence electrons. The Kier molecular flexibility index (Phi) is 5.67. The van der Waals surface area contributed by atoms with Crippen LogP contribution in [0.3, 0.4) is 0 Å². The van der Waals surface area contributed by atoms with Gasteiger partial charge in [0.2, 0.25) is 0 Å². The quantitative estimate of drug-likeness (QED) is 0.610. The fraction of sp³-hybridized carbons (Fsp3) is 0.100. The zero-order valence-corrected chi connectivity index (χ0v) is 16.8. The molecule has 3 aromatic rings. The van der Waals surface area contributed by atoms with Crippen LogP contribution in [0.5, 0.6) is 0 Å². The van der Waals surface area contributed by atoms with Crippen LogP contribution in [0.1, 0.15) is 26.4 Å². The first-order valence-electron chi connectivity index (χ1n) is 8.25. The molecule has 0 fully saturated rings. The molecule has 1 radical (unpaired) electrons. The summed E-state index contributed by atoms with van der Waals surface area (Å²) < 4.78 is 1.09. The van der Waals surface area contributed by atoms with Crippen LogP contribution in [0.4, 0.5) is 5.82 Å². The van der Waals surface area contributed by atoms with Crippen molar-refractivity contribution in [3.63, 3.8) is 0 Å². The van der Waals surface area contributed by atoms with E-state index in [0.717, 1.165) is 21.0 Å². The molecule has 3 N–H and O–H groups in total. The molecule has 1 amide bonds. The van der Waals surface area contributed by atoms with E-state index in [1.807, 2.05) is 55.5 Å². The summed E-state index contributed by atoms with van der Waals surface area (Å²) in [6.45, 7) is 1.99. The molecule has 7 heteroatoms. The van der Waals surface area contributed by atoms with E-state index in [4.69, 9.17) is 5.73 Å².